The van der Waals surface area contributed by atoms with Crippen LogP contribution in [0.5, 0.6) is 0 Å². The van der Waals surface area contributed by atoms with Crippen LogP contribution >= 0.6 is 23.2 Å². The van der Waals surface area contributed by atoms with E-state index >= 15 is 0 Å². The van der Waals surface area contributed by atoms with Crippen molar-refractivity contribution in [1.82, 2.24) is 4.90 Å². The van der Waals surface area contributed by atoms with Crippen LogP contribution in [0.2, 0.25) is 10.0 Å². The summed E-state index contributed by atoms with van der Waals surface area (Å²) >= 11 is 12.5. The van der Waals surface area contributed by atoms with Gasteiger partial charge in [0, 0.05) is 22.5 Å². The summed E-state index contributed by atoms with van der Waals surface area (Å²) in [6.07, 6.45) is 5.16. The number of benzene rings is 2. The Morgan fingerprint density at radius 2 is 1.85 bits per heavy atom. The van der Waals surface area contributed by atoms with Crippen LogP contribution in [-0.4, -0.2) is 23.8 Å². The van der Waals surface area contributed by atoms with E-state index < -0.39 is 0 Å². The smallest absolute Gasteiger partial charge is 0.157 e. The van der Waals surface area contributed by atoms with E-state index in [2.05, 4.69) is 41.8 Å². The highest BCUT2D eigenvalue weighted by Gasteiger charge is 2.28. The number of halogens is 2. The van der Waals surface area contributed by atoms with Crippen molar-refractivity contribution in [1.29, 1.82) is 0 Å². The fourth-order valence-electron chi connectivity index (χ4n) is 3.90. The van der Waals surface area contributed by atoms with E-state index in [1.165, 1.54) is 11.6 Å². The van der Waals surface area contributed by atoms with Gasteiger partial charge in [-0.15, -0.1) is 0 Å². The summed E-state index contributed by atoms with van der Waals surface area (Å²) < 4.78 is 0. The molecule has 0 aliphatic carbocycles. The molecule has 1 heterocycles. The van der Waals surface area contributed by atoms with Gasteiger partial charge in [-0.05, 0) is 67.6 Å². The summed E-state index contributed by atoms with van der Waals surface area (Å²) in [6, 6.07) is 16.2. The predicted octanol–water partition coefficient (Wildman–Crippen LogP) is 6.13. The van der Waals surface area contributed by atoms with Crippen LogP contribution in [0.4, 0.5) is 0 Å². The number of carbonyl (C=O) groups is 1. The van der Waals surface area contributed by atoms with Crippen molar-refractivity contribution in [3.05, 3.63) is 82.4 Å². The highest BCUT2D eigenvalue weighted by Crippen LogP contribution is 2.35. The lowest BCUT2D eigenvalue weighted by atomic mass is 9.88. The molecule has 0 amide bonds. The van der Waals surface area contributed by atoms with Crippen LogP contribution in [0.3, 0.4) is 0 Å². The molecule has 0 saturated carbocycles. The van der Waals surface area contributed by atoms with Crippen molar-refractivity contribution in [2.24, 2.45) is 5.92 Å². The van der Waals surface area contributed by atoms with Gasteiger partial charge in [0.2, 0.25) is 0 Å². The number of allylic oxidation sites excluding steroid dienone is 1. The molecule has 142 valence electrons. The zero-order valence-electron chi connectivity index (χ0n) is 15.4. The molecule has 3 rings (SSSR count). The number of nitrogens with zero attached hydrogens (tertiary/aromatic N) is 1. The molecule has 2 aromatic rings. The maximum atomic E-state index is 12.1. The van der Waals surface area contributed by atoms with Crippen molar-refractivity contribution in [3.63, 3.8) is 0 Å². The first-order valence-electron chi connectivity index (χ1n) is 9.45. The molecule has 0 N–H and O–H groups in total. The number of hydrogen-bond donors (Lipinski definition) is 0. The van der Waals surface area contributed by atoms with Gasteiger partial charge < -0.3 is 0 Å². The van der Waals surface area contributed by atoms with Gasteiger partial charge in [0.25, 0.3) is 0 Å². The summed E-state index contributed by atoms with van der Waals surface area (Å²) in [4.78, 5) is 14.5. The lowest BCUT2D eigenvalue weighted by Gasteiger charge is -2.38. The quantitative estimate of drug-likeness (QED) is 0.519. The predicted molar refractivity (Wildman–Crippen MR) is 113 cm³/mol. The van der Waals surface area contributed by atoms with Gasteiger partial charge in [-0.3, -0.25) is 9.69 Å². The monoisotopic (exact) mass is 401 g/mol. The molecule has 0 aromatic heterocycles. The average molecular weight is 402 g/mol. The summed E-state index contributed by atoms with van der Waals surface area (Å²) in [5.41, 5.74) is 2.37. The van der Waals surface area contributed by atoms with Crippen LogP contribution in [0.15, 0.2) is 61.2 Å². The molecule has 0 radical (unpaired) electrons. The maximum Gasteiger partial charge on any atom is 0.157 e. The van der Waals surface area contributed by atoms with Gasteiger partial charge in [0.1, 0.15) is 0 Å². The summed E-state index contributed by atoms with van der Waals surface area (Å²) in [7, 11) is 0. The third-order valence-corrected chi connectivity index (χ3v) is 5.96. The van der Waals surface area contributed by atoms with Crippen LogP contribution in [-0.2, 0) is 11.2 Å². The van der Waals surface area contributed by atoms with Gasteiger partial charge in [-0.1, -0.05) is 66.2 Å². The van der Waals surface area contributed by atoms with E-state index in [0.717, 1.165) is 37.9 Å². The summed E-state index contributed by atoms with van der Waals surface area (Å²) in [5, 5.41) is 1.23. The van der Waals surface area contributed by atoms with Crippen LogP contribution < -0.4 is 0 Å². The Morgan fingerprint density at radius 3 is 2.48 bits per heavy atom. The molecule has 0 unspecified atom stereocenters. The SMILES string of the molecule is C=CC(=O)C[C@@H](c1ccc(Cl)cc1Cl)N1CCC(Cc2ccccc2)CC1. The molecule has 4 heteroatoms. The molecule has 1 fully saturated rings. The highest BCUT2D eigenvalue weighted by molar-refractivity contribution is 6.35. The number of piperidine rings is 1. The van der Waals surface area contributed by atoms with Gasteiger partial charge in [-0.2, -0.15) is 0 Å². The Bertz CT molecular complexity index is 782. The third-order valence-electron chi connectivity index (χ3n) is 5.40. The fourth-order valence-corrected chi connectivity index (χ4v) is 4.43. The Hall–Kier alpha value is -1.61. The van der Waals surface area contributed by atoms with Crippen molar-refractivity contribution in [2.45, 2.75) is 31.7 Å². The Balaban J connectivity index is 1.70. The molecule has 1 aliphatic rings. The van der Waals surface area contributed by atoms with Gasteiger partial charge in [-0.25, -0.2) is 0 Å². The van der Waals surface area contributed by atoms with Crippen molar-refractivity contribution in [2.75, 3.05) is 13.1 Å². The highest BCUT2D eigenvalue weighted by atomic mass is 35.5. The molecular weight excluding hydrogens is 377 g/mol. The molecule has 2 nitrogen and oxygen atoms in total. The van der Waals surface area contributed by atoms with Gasteiger partial charge >= 0.3 is 0 Å². The third kappa shape index (κ3) is 5.44. The van der Waals surface area contributed by atoms with Crippen molar-refractivity contribution >= 4 is 29.0 Å². The Labute approximate surface area is 171 Å². The topological polar surface area (TPSA) is 20.3 Å². The van der Waals surface area contributed by atoms with Crippen LogP contribution in [0.25, 0.3) is 0 Å². The minimum absolute atomic E-state index is 0.0297. The second-order valence-corrected chi connectivity index (χ2v) is 8.07. The number of rotatable bonds is 7. The standard InChI is InChI=1S/C23H25Cl2NO/c1-2-20(27)16-23(21-9-8-19(24)15-22(21)25)26-12-10-18(11-13-26)14-17-6-4-3-5-7-17/h2-9,15,18,23H,1,10-14,16H2/t23-/m0/s1. The molecule has 1 atom stereocenters. The van der Waals surface area contributed by atoms with Crippen molar-refractivity contribution in [3.8, 4) is 0 Å². The van der Waals surface area contributed by atoms with E-state index in [4.69, 9.17) is 23.2 Å². The molecule has 2 aromatic carbocycles. The second-order valence-electron chi connectivity index (χ2n) is 7.23. The van der Waals surface area contributed by atoms with E-state index in [1.807, 2.05) is 12.1 Å². The zero-order chi connectivity index (χ0) is 19.2. The first-order valence-corrected chi connectivity index (χ1v) is 10.2. The first-order chi connectivity index (χ1) is 13.1. The number of ketones is 1. The number of hydrogen-bond acceptors (Lipinski definition) is 2. The minimum atomic E-state index is -0.0297. The molecule has 27 heavy (non-hydrogen) atoms. The average Bonchev–Trinajstić information content (AvgIpc) is 2.68. The largest absolute Gasteiger partial charge is 0.296 e. The van der Waals surface area contributed by atoms with E-state index in [0.29, 0.717) is 22.4 Å². The van der Waals surface area contributed by atoms with E-state index in [9.17, 15) is 4.79 Å². The van der Waals surface area contributed by atoms with E-state index in [1.54, 1.807) is 6.07 Å². The van der Waals surface area contributed by atoms with Gasteiger partial charge in [0.15, 0.2) is 5.78 Å². The van der Waals surface area contributed by atoms with Crippen molar-refractivity contribution < 1.29 is 4.79 Å². The summed E-state index contributed by atoms with van der Waals surface area (Å²) in [6.45, 7) is 5.55. The Morgan fingerprint density at radius 1 is 1.15 bits per heavy atom. The summed E-state index contributed by atoms with van der Waals surface area (Å²) in [5.74, 6) is 0.720. The number of likely N-dealkylation sites (tertiary alicyclic amines) is 1. The maximum absolute atomic E-state index is 12.1. The molecule has 0 spiro atoms. The fraction of sp³-hybridized carbons (Fsp3) is 0.348. The Kier molecular flexibility index (Phi) is 7.12. The first kappa shape index (κ1) is 20.1. The minimum Gasteiger partial charge on any atom is -0.296 e. The van der Waals surface area contributed by atoms with Crippen LogP contribution in [0, 0.1) is 5.92 Å². The normalized spacial score (nSPS) is 16.8. The lowest BCUT2D eigenvalue weighted by Crippen LogP contribution is -2.38. The number of carbonyl (C=O) groups excluding carboxylic acids is 1. The zero-order valence-corrected chi connectivity index (χ0v) is 16.9. The molecular formula is C23H25Cl2NO. The molecule has 1 saturated heterocycles. The lowest BCUT2D eigenvalue weighted by molar-refractivity contribution is -0.116. The molecule has 1 aliphatic heterocycles. The van der Waals surface area contributed by atoms with E-state index in [-0.39, 0.29) is 11.8 Å². The van der Waals surface area contributed by atoms with Gasteiger partial charge in [0.05, 0.1) is 0 Å². The second kappa shape index (κ2) is 9.54. The molecule has 0 bridgehead atoms. The van der Waals surface area contributed by atoms with Crippen LogP contribution in [0.1, 0.15) is 36.4 Å².